The van der Waals surface area contributed by atoms with E-state index >= 15 is 0 Å². The summed E-state index contributed by atoms with van der Waals surface area (Å²) in [5.41, 5.74) is 0.801. The molecule has 4 rings (SSSR count). The Morgan fingerprint density at radius 2 is 2.27 bits per heavy atom. The first kappa shape index (κ1) is 19.1. The molecule has 0 bridgehead atoms. The van der Waals surface area contributed by atoms with Gasteiger partial charge in [0.2, 0.25) is 23.7 Å². The number of hydrogen-bond acceptors (Lipinski definition) is 9. The largest absolute Gasteiger partial charge is 0.490 e. The molecule has 152 valence electrons. The molecule has 0 aromatic carbocycles. The van der Waals surface area contributed by atoms with Crippen molar-refractivity contribution >= 4 is 35.0 Å². The lowest BCUT2D eigenvalue weighted by Crippen LogP contribution is -2.27. The van der Waals surface area contributed by atoms with Crippen molar-refractivity contribution < 1.29 is 9.53 Å². The number of methoxy groups -OCH3 is 1. The van der Waals surface area contributed by atoms with Gasteiger partial charge >= 0.3 is 0 Å². The monoisotopic (exact) mass is 406 g/mol. The summed E-state index contributed by atoms with van der Waals surface area (Å²) in [6.45, 7) is 11.9. The number of nitrogens with one attached hydrogen (secondary N) is 2. The number of carbonyl (C=O) groups excluding carboxylic acids is 1. The normalized spacial score (nSPS) is 15.6. The summed E-state index contributed by atoms with van der Waals surface area (Å²) in [6.07, 6.45) is 6.72. The van der Waals surface area contributed by atoms with Gasteiger partial charge < -0.3 is 15.0 Å². The second-order valence-corrected chi connectivity index (χ2v) is 6.42. The molecule has 0 unspecified atom stereocenters. The molecular formula is C18H18N10O2. The molecule has 1 amide bonds. The first-order chi connectivity index (χ1) is 14.6. The zero-order chi connectivity index (χ0) is 21.1. The predicted octanol–water partition coefficient (Wildman–Crippen LogP) is 1.29. The van der Waals surface area contributed by atoms with Gasteiger partial charge in [-0.2, -0.15) is 9.97 Å². The molecule has 0 radical (unpaired) electrons. The highest BCUT2D eigenvalue weighted by molar-refractivity contribution is 5.97. The predicted molar refractivity (Wildman–Crippen MR) is 109 cm³/mol. The first-order valence-electron chi connectivity index (χ1n) is 9.06. The van der Waals surface area contributed by atoms with E-state index in [1.807, 2.05) is 0 Å². The molecule has 12 heteroatoms. The van der Waals surface area contributed by atoms with Gasteiger partial charge in [-0.3, -0.25) is 10.1 Å². The van der Waals surface area contributed by atoms with Crippen LogP contribution in [-0.4, -0.2) is 61.7 Å². The highest BCUT2D eigenvalue weighted by Gasteiger charge is 2.27. The van der Waals surface area contributed by atoms with Crippen molar-refractivity contribution in [3.05, 3.63) is 42.7 Å². The van der Waals surface area contributed by atoms with E-state index in [1.54, 1.807) is 16.9 Å². The van der Waals surface area contributed by atoms with Crippen LogP contribution in [0.3, 0.4) is 0 Å². The van der Waals surface area contributed by atoms with Gasteiger partial charge in [0.1, 0.15) is 0 Å². The van der Waals surface area contributed by atoms with E-state index in [2.05, 4.69) is 52.0 Å². The number of nitrogens with zero attached hydrogens (tertiary/aromatic N) is 8. The third-order valence-electron chi connectivity index (χ3n) is 4.53. The third-order valence-corrected chi connectivity index (χ3v) is 4.53. The number of fused-ring (bicyclic) bond motifs is 1. The van der Waals surface area contributed by atoms with E-state index < -0.39 is 0 Å². The van der Waals surface area contributed by atoms with Gasteiger partial charge in [-0.05, 0) is 12.5 Å². The number of amides is 1. The quantitative estimate of drug-likeness (QED) is 0.460. The maximum atomic E-state index is 11.5. The number of rotatable bonds is 6. The fourth-order valence-electron chi connectivity index (χ4n) is 3.15. The van der Waals surface area contributed by atoms with Crippen LogP contribution >= 0.6 is 0 Å². The van der Waals surface area contributed by atoms with E-state index in [-0.39, 0.29) is 29.5 Å². The van der Waals surface area contributed by atoms with E-state index in [0.29, 0.717) is 24.0 Å². The van der Waals surface area contributed by atoms with Gasteiger partial charge in [-0.25, -0.2) is 19.3 Å². The molecule has 2 N–H and O–H groups in total. The molecule has 1 aliphatic heterocycles. The van der Waals surface area contributed by atoms with Crippen LogP contribution in [0, 0.1) is 6.57 Å². The smallest absolute Gasteiger partial charge is 0.264 e. The van der Waals surface area contributed by atoms with Crippen LogP contribution in [0.1, 0.15) is 6.42 Å². The Bertz CT molecular complexity index is 1150. The zero-order valence-corrected chi connectivity index (χ0v) is 16.1. The Labute approximate surface area is 171 Å². The minimum atomic E-state index is -0.384. The van der Waals surface area contributed by atoms with Gasteiger partial charge in [0.15, 0.2) is 11.5 Å². The van der Waals surface area contributed by atoms with Crippen molar-refractivity contribution in [2.24, 2.45) is 0 Å². The first-order valence-corrected chi connectivity index (χ1v) is 9.06. The van der Waals surface area contributed by atoms with E-state index in [4.69, 9.17) is 11.3 Å². The lowest BCUT2D eigenvalue weighted by atomic mass is 10.3. The highest BCUT2D eigenvalue weighted by atomic mass is 16.5. The molecule has 3 aromatic rings. The molecule has 0 spiro atoms. The van der Waals surface area contributed by atoms with E-state index in [9.17, 15) is 4.79 Å². The molecule has 1 fully saturated rings. The SMILES string of the molecule is [C-]#[N+]c1cnc(N[C@@H]2CCN(c3nccn4nc(NC(=O)C=C)nc34)C2)nc1OC. The van der Waals surface area contributed by atoms with Crippen LogP contribution in [0.25, 0.3) is 10.5 Å². The van der Waals surface area contributed by atoms with Crippen LogP contribution in [0.4, 0.5) is 23.4 Å². The fraction of sp³-hybridized carbons (Fsp3) is 0.278. The van der Waals surface area contributed by atoms with Gasteiger partial charge in [0, 0.05) is 37.7 Å². The van der Waals surface area contributed by atoms with E-state index in [1.165, 1.54) is 13.3 Å². The van der Waals surface area contributed by atoms with Gasteiger partial charge in [-0.1, -0.05) is 6.58 Å². The molecule has 0 saturated carbocycles. The Kier molecular flexibility index (Phi) is 5.08. The number of ether oxygens (including phenoxy) is 1. The van der Waals surface area contributed by atoms with Crippen molar-refractivity contribution in [3.8, 4) is 5.88 Å². The topological polar surface area (TPSA) is 127 Å². The molecule has 1 atom stereocenters. The zero-order valence-electron chi connectivity index (χ0n) is 16.1. The lowest BCUT2D eigenvalue weighted by Gasteiger charge is -2.18. The van der Waals surface area contributed by atoms with Crippen molar-refractivity contribution in [1.82, 2.24) is 29.5 Å². The average Bonchev–Trinajstić information content (AvgIpc) is 3.39. The Balaban J connectivity index is 1.50. The van der Waals surface area contributed by atoms with Crippen molar-refractivity contribution in [2.75, 3.05) is 35.7 Å². The Morgan fingerprint density at radius 1 is 1.40 bits per heavy atom. The Hall–Kier alpha value is -4.27. The Morgan fingerprint density at radius 3 is 3.03 bits per heavy atom. The van der Waals surface area contributed by atoms with E-state index in [0.717, 1.165) is 19.0 Å². The molecule has 0 aliphatic carbocycles. The average molecular weight is 406 g/mol. The summed E-state index contributed by atoms with van der Waals surface area (Å²) < 4.78 is 6.71. The summed E-state index contributed by atoms with van der Waals surface area (Å²) >= 11 is 0. The summed E-state index contributed by atoms with van der Waals surface area (Å²) in [6, 6.07) is 0.0680. The summed E-state index contributed by atoms with van der Waals surface area (Å²) in [4.78, 5) is 34.2. The molecule has 1 aliphatic rings. The van der Waals surface area contributed by atoms with Crippen LogP contribution < -0.4 is 20.3 Å². The van der Waals surface area contributed by atoms with Crippen LogP contribution in [0.15, 0.2) is 31.2 Å². The maximum absolute atomic E-state index is 11.5. The van der Waals surface area contributed by atoms with Crippen LogP contribution in [0.5, 0.6) is 5.88 Å². The van der Waals surface area contributed by atoms with Gasteiger partial charge in [0.05, 0.1) is 13.7 Å². The van der Waals surface area contributed by atoms with Crippen molar-refractivity contribution in [3.63, 3.8) is 0 Å². The molecule has 3 aromatic heterocycles. The number of carbonyl (C=O) groups is 1. The third kappa shape index (κ3) is 3.68. The molecular weight excluding hydrogens is 388 g/mol. The second-order valence-electron chi connectivity index (χ2n) is 6.42. The second kappa shape index (κ2) is 8.00. The summed E-state index contributed by atoms with van der Waals surface area (Å²) in [5, 5.41) is 10.1. The summed E-state index contributed by atoms with van der Waals surface area (Å²) in [5.74, 6) is 1.10. The number of anilines is 3. The van der Waals surface area contributed by atoms with Crippen molar-refractivity contribution in [2.45, 2.75) is 12.5 Å². The maximum Gasteiger partial charge on any atom is 0.264 e. The minimum Gasteiger partial charge on any atom is -0.490 e. The number of aromatic nitrogens is 6. The fourth-order valence-corrected chi connectivity index (χ4v) is 3.15. The van der Waals surface area contributed by atoms with Crippen LogP contribution in [0.2, 0.25) is 0 Å². The lowest BCUT2D eigenvalue weighted by molar-refractivity contribution is -0.111. The summed E-state index contributed by atoms with van der Waals surface area (Å²) in [7, 11) is 1.47. The molecule has 12 nitrogen and oxygen atoms in total. The van der Waals surface area contributed by atoms with Crippen LogP contribution in [-0.2, 0) is 4.79 Å². The minimum absolute atomic E-state index is 0.0680. The van der Waals surface area contributed by atoms with Gasteiger partial charge in [0.25, 0.3) is 5.69 Å². The van der Waals surface area contributed by atoms with Crippen molar-refractivity contribution in [1.29, 1.82) is 0 Å². The van der Waals surface area contributed by atoms with Gasteiger partial charge in [-0.15, -0.1) is 5.10 Å². The highest BCUT2D eigenvalue weighted by Crippen LogP contribution is 2.27. The number of hydrogen-bond donors (Lipinski definition) is 2. The molecule has 30 heavy (non-hydrogen) atoms. The standard InChI is InChI=1S/C18H18N10O2/c1-4-13(29)23-18-24-15-14(20-6-8-28(15)26-18)27-7-5-11(10-27)22-17-21-9-12(19-2)16(25-17)30-3/h4,6,8-9,11H,1,5,7,10H2,3H3,(H,21,22,25)(H,23,26,29)/t11-/m1/s1. The molecule has 4 heterocycles. The molecule has 1 saturated heterocycles.